The van der Waals surface area contributed by atoms with Crippen molar-refractivity contribution in [1.82, 2.24) is 15.3 Å². The molecule has 5 nitrogen and oxygen atoms in total. The van der Waals surface area contributed by atoms with E-state index >= 15 is 0 Å². The highest BCUT2D eigenvalue weighted by Crippen LogP contribution is 2.09. The van der Waals surface area contributed by atoms with Crippen LogP contribution in [0.25, 0.3) is 0 Å². The average molecular weight is 225 g/mol. The molecule has 2 rings (SSSR count). The molecule has 0 spiro atoms. The first-order valence-corrected chi connectivity index (χ1v) is 4.74. The van der Waals surface area contributed by atoms with Crippen LogP contribution in [0.3, 0.4) is 0 Å². The van der Waals surface area contributed by atoms with Gasteiger partial charge < -0.3 is 4.90 Å². The summed E-state index contributed by atoms with van der Waals surface area (Å²) in [7, 11) is 1.80. The first kappa shape index (κ1) is 9.92. The summed E-state index contributed by atoms with van der Waals surface area (Å²) in [6.45, 7) is 0.293. The number of nitrogens with zero attached hydrogens (tertiary/aromatic N) is 3. The van der Waals surface area contributed by atoms with E-state index in [0.717, 1.165) is 5.56 Å². The zero-order valence-electron chi connectivity index (χ0n) is 8.07. The highest BCUT2D eigenvalue weighted by molar-refractivity contribution is 6.29. The Labute approximate surface area is 91.7 Å². The van der Waals surface area contributed by atoms with E-state index in [1.165, 1.54) is 0 Å². The molecule has 0 saturated carbocycles. The Morgan fingerprint density at radius 3 is 2.93 bits per heavy atom. The number of pyridine rings is 1. The van der Waals surface area contributed by atoms with Gasteiger partial charge in [0.1, 0.15) is 5.15 Å². The van der Waals surface area contributed by atoms with Gasteiger partial charge in [-0.3, -0.25) is 4.79 Å². The Kier molecular flexibility index (Phi) is 2.55. The number of likely N-dealkylation sites (N-methyl/N-ethyl adjacent to an activating group) is 1. The first-order valence-electron chi connectivity index (χ1n) is 4.36. The van der Waals surface area contributed by atoms with Crippen LogP contribution in [0.1, 0.15) is 5.56 Å². The Bertz CT molecular complexity index is 415. The third kappa shape index (κ3) is 2.07. The Balaban J connectivity index is 2.31. The minimum atomic E-state index is -0.122. The number of amidine groups is 1. The molecule has 1 N–H and O–H groups in total. The van der Waals surface area contributed by atoms with Gasteiger partial charge in [-0.2, -0.15) is 5.10 Å². The second-order valence-electron chi connectivity index (χ2n) is 3.20. The highest BCUT2D eigenvalue weighted by Gasteiger charge is 2.18. The van der Waals surface area contributed by atoms with Crippen molar-refractivity contribution in [3.05, 3.63) is 29.0 Å². The van der Waals surface area contributed by atoms with E-state index in [1.807, 2.05) is 6.07 Å². The molecule has 0 unspecified atom stereocenters. The number of carbonyl (C=O) groups excluding carboxylic acids is 1. The van der Waals surface area contributed by atoms with Crippen LogP contribution < -0.4 is 5.43 Å². The maximum atomic E-state index is 11.0. The lowest BCUT2D eigenvalue weighted by molar-refractivity contribution is -0.121. The smallest absolute Gasteiger partial charge is 0.259 e. The molecule has 6 heteroatoms. The minimum absolute atomic E-state index is 0.122. The summed E-state index contributed by atoms with van der Waals surface area (Å²) < 4.78 is 0. The minimum Gasteiger partial charge on any atom is -0.348 e. The number of halogens is 1. The van der Waals surface area contributed by atoms with E-state index in [4.69, 9.17) is 11.6 Å². The van der Waals surface area contributed by atoms with Crippen LogP contribution in [0.15, 0.2) is 23.4 Å². The molecule has 1 aromatic rings. The molecule has 1 amide bonds. The number of rotatable bonds is 1. The van der Waals surface area contributed by atoms with Gasteiger partial charge in [-0.25, -0.2) is 10.4 Å². The van der Waals surface area contributed by atoms with Crippen molar-refractivity contribution in [2.24, 2.45) is 5.10 Å². The second-order valence-corrected chi connectivity index (χ2v) is 3.58. The molecule has 0 saturated heterocycles. The quantitative estimate of drug-likeness (QED) is 0.705. The largest absolute Gasteiger partial charge is 0.348 e. The third-order valence-electron chi connectivity index (χ3n) is 2.01. The Morgan fingerprint density at radius 2 is 2.33 bits per heavy atom. The molecular weight excluding hydrogens is 216 g/mol. The zero-order chi connectivity index (χ0) is 10.8. The van der Waals surface area contributed by atoms with Crippen molar-refractivity contribution >= 4 is 23.3 Å². The van der Waals surface area contributed by atoms with Crippen molar-refractivity contribution < 1.29 is 4.79 Å². The number of hydrogen-bond acceptors (Lipinski definition) is 4. The van der Waals surface area contributed by atoms with Crippen molar-refractivity contribution in [1.29, 1.82) is 0 Å². The van der Waals surface area contributed by atoms with E-state index in [2.05, 4.69) is 15.5 Å². The molecule has 1 aliphatic heterocycles. The fraction of sp³-hybridized carbons (Fsp3) is 0.222. The molecule has 0 fully saturated rings. The molecule has 1 aromatic heterocycles. The Morgan fingerprint density at radius 1 is 1.53 bits per heavy atom. The maximum absolute atomic E-state index is 11.0. The molecule has 0 radical (unpaired) electrons. The first-order chi connectivity index (χ1) is 7.16. The standard InChI is InChI=1S/C9H9ClN4O/c1-14-5-8(15)12-13-9(14)6-2-3-7(10)11-4-6/h2-4H,5H2,1H3,(H,12,15). The SMILES string of the molecule is CN1CC(=O)NN=C1c1ccc(Cl)nc1. The van der Waals surface area contributed by atoms with Gasteiger partial charge in [-0.1, -0.05) is 11.6 Å². The number of amides is 1. The number of aromatic nitrogens is 1. The third-order valence-corrected chi connectivity index (χ3v) is 2.24. The van der Waals surface area contributed by atoms with E-state index in [1.54, 1.807) is 24.2 Å². The normalized spacial score (nSPS) is 16.0. The summed E-state index contributed by atoms with van der Waals surface area (Å²) in [5, 5.41) is 4.38. The van der Waals surface area contributed by atoms with Gasteiger partial charge in [-0.05, 0) is 12.1 Å². The van der Waals surface area contributed by atoms with E-state index in [0.29, 0.717) is 17.5 Å². The topological polar surface area (TPSA) is 57.6 Å². The molecule has 2 heterocycles. The fourth-order valence-corrected chi connectivity index (χ4v) is 1.43. The second kappa shape index (κ2) is 3.86. The van der Waals surface area contributed by atoms with Crippen LogP contribution in [0.4, 0.5) is 0 Å². The average Bonchev–Trinajstić information content (AvgIpc) is 2.20. The van der Waals surface area contributed by atoms with Gasteiger partial charge in [0, 0.05) is 18.8 Å². The lowest BCUT2D eigenvalue weighted by Crippen LogP contribution is -2.43. The maximum Gasteiger partial charge on any atom is 0.259 e. The molecule has 0 atom stereocenters. The predicted octanol–water partition coefficient (Wildman–Crippen LogP) is 0.458. The Hall–Kier alpha value is -1.62. The zero-order valence-corrected chi connectivity index (χ0v) is 8.82. The predicted molar refractivity (Wildman–Crippen MR) is 56.6 cm³/mol. The summed E-state index contributed by atoms with van der Waals surface area (Å²) in [6.07, 6.45) is 1.62. The molecule has 1 aliphatic rings. The van der Waals surface area contributed by atoms with Crippen LogP contribution in [-0.2, 0) is 4.79 Å². The van der Waals surface area contributed by atoms with Crippen molar-refractivity contribution in [2.45, 2.75) is 0 Å². The monoisotopic (exact) mass is 224 g/mol. The molecule has 0 aromatic carbocycles. The lowest BCUT2D eigenvalue weighted by atomic mass is 10.2. The van der Waals surface area contributed by atoms with Crippen LogP contribution >= 0.6 is 11.6 Å². The van der Waals surface area contributed by atoms with Gasteiger partial charge in [0.25, 0.3) is 5.91 Å². The van der Waals surface area contributed by atoms with Crippen LogP contribution in [0.5, 0.6) is 0 Å². The molecular formula is C9H9ClN4O. The molecule has 0 aliphatic carbocycles. The van der Waals surface area contributed by atoms with Gasteiger partial charge in [-0.15, -0.1) is 0 Å². The lowest BCUT2D eigenvalue weighted by Gasteiger charge is -2.23. The number of hydrogen-bond donors (Lipinski definition) is 1. The number of carbonyl (C=O) groups is 1. The van der Waals surface area contributed by atoms with Crippen LogP contribution in [-0.4, -0.2) is 35.2 Å². The van der Waals surface area contributed by atoms with E-state index in [9.17, 15) is 4.79 Å². The van der Waals surface area contributed by atoms with Crippen molar-refractivity contribution in [3.8, 4) is 0 Å². The molecule has 15 heavy (non-hydrogen) atoms. The van der Waals surface area contributed by atoms with Gasteiger partial charge >= 0.3 is 0 Å². The fourth-order valence-electron chi connectivity index (χ4n) is 1.32. The van der Waals surface area contributed by atoms with E-state index < -0.39 is 0 Å². The van der Waals surface area contributed by atoms with Crippen LogP contribution in [0, 0.1) is 0 Å². The summed E-state index contributed by atoms with van der Waals surface area (Å²) in [5.41, 5.74) is 3.24. The summed E-state index contributed by atoms with van der Waals surface area (Å²) in [6, 6.07) is 3.49. The van der Waals surface area contributed by atoms with Gasteiger partial charge in [0.2, 0.25) is 0 Å². The highest BCUT2D eigenvalue weighted by atomic mass is 35.5. The van der Waals surface area contributed by atoms with Gasteiger partial charge in [0.05, 0.1) is 6.54 Å². The number of hydrazone groups is 1. The van der Waals surface area contributed by atoms with Crippen molar-refractivity contribution in [2.75, 3.05) is 13.6 Å². The van der Waals surface area contributed by atoms with Gasteiger partial charge in [0.15, 0.2) is 5.84 Å². The van der Waals surface area contributed by atoms with E-state index in [-0.39, 0.29) is 5.91 Å². The van der Waals surface area contributed by atoms with Crippen LogP contribution in [0.2, 0.25) is 5.15 Å². The molecule has 78 valence electrons. The summed E-state index contributed by atoms with van der Waals surface area (Å²) >= 11 is 5.68. The summed E-state index contributed by atoms with van der Waals surface area (Å²) in [4.78, 5) is 16.7. The number of nitrogens with one attached hydrogen (secondary N) is 1. The van der Waals surface area contributed by atoms with Crippen molar-refractivity contribution in [3.63, 3.8) is 0 Å². The summed E-state index contributed by atoms with van der Waals surface area (Å²) in [5.74, 6) is 0.557. The molecule has 0 bridgehead atoms.